The fourth-order valence-electron chi connectivity index (χ4n) is 2.78. The number of rotatable bonds is 3. The highest BCUT2D eigenvalue weighted by molar-refractivity contribution is 5.35. The molecule has 1 aromatic heterocycles. The van der Waals surface area contributed by atoms with E-state index in [1.54, 1.807) is 0 Å². The molecule has 0 amide bonds. The van der Waals surface area contributed by atoms with Gasteiger partial charge >= 0.3 is 0 Å². The van der Waals surface area contributed by atoms with Crippen molar-refractivity contribution in [2.45, 2.75) is 52.6 Å². The summed E-state index contributed by atoms with van der Waals surface area (Å²) in [5.41, 5.74) is 3.95. The molecule has 0 saturated heterocycles. The number of hydrogen-bond acceptors (Lipinski definition) is 3. The molecule has 4 heteroatoms. The second kappa shape index (κ2) is 5.65. The third-order valence-electron chi connectivity index (χ3n) is 4.05. The monoisotopic (exact) mass is 270 g/mol. The van der Waals surface area contributed by atoms with Gasteiger partial charge in [0.05, 0.1) is 0 Å². The van der Waals surface area contributed by atoms with Crippen molar-refractivity contribution in [3.05, 3.63) is 40.7 Å². The Morgan fingerprint density at radius 3 is 2.95 bits per heavy atom. The maximum atomic E-state index is 4.32. The lowest BCUT2D eigenvalue weighted by Gasteiger charge is -2.11. The predicted octanol–water partition coefficient (Wildman–Crippen LogP) is 3.23. The SMILES string of the molecule is Cc1ccc(C)c(CNc2nnc3n2CCCCC3)c1. The van der Waals surface area contributed by atoms with Crippen LogP contribution in [0.15, 0.2) is 18.2 Å². The Kier molecular flexibility index (Phi) is 3.72. The fourth-order valence-corrected chi connectivity index (χ4v) is 2.78. The molecule has 0 radical (unpaired) electrons. The number of aryl methyl sites for hydroxylation is 3. The van der Waals surface area contributed by atoms with Crippen LogP contribution in [0.1, 0.15) is 41.8 Å². The molecule has 0 spiro atoms. The quantitative estimate of drug-likeness (QED) is 0.931. The van der Waals surface area contributed by atoms with Crippen molar-refractivity contribution in [3.8, 4) is 0 Å². The lowest BCUT2D eigenvalue weighted by molar-refractivity contribution is 0.635. The molecule has 1 aromatic carbocycles. The van der Waals surface area contributed by atoms with E-state index in [9.17, 15) is 0 Å². The number of nitrogens with zero attached hydrogens (tertiary/aromatic N) is 3. The highest BCUT2D eigenvalue weighted by Crippen LogP contribution is 2.18. The van der Waals surface area contributed by atoms with Crippen molar-refractivity contribution in [2.24, 2.45) is 0 Å². The van der Waals surface area contributed by atoms with Crippen LogP contribution in [-0.2, 0) is 19.5 Å². The van der Waals surface area contributed by atoms with Crippen molar-refractivity contribution < 1.29 is 0 Å². The number of hydrogen-bond donors (Lipinski definition) is 1. The second-order valence-corrected chi connectivity index (χ2v) is 5.69. The first-order chi connectivity index (χ1) is 9.74. The average Bonchev–Trinajstić information content (AvgIpc) is 2.68. The molecule has 1 N–H and O–H groups in total. The Hall–Kier alpha value is -1.84. The minimum Gasteiger partial charge on any atom is -0.350 e. The predicted molar refractivity (Wildman–Crippen MR) is 80.8 cm³/mol. The molecule has 0 bridgehead atoms. The summed E-state index contributed by atoms with van der Waals surface area (Å²) in [6.07, 6.45) is 4.80. The van der Waals surface area contributed by atoms with E-state index in [0.29, 0.717) is 0 Å². The lowest BCUT2D eigenvalue weighted by atomic mass is 10.1. The third-order valence-corrected chi connectivity index (χ3v) is 4.05. The van der Waals surface area contributed by atoms with Gasteiger partial charge in [0.2, 0.25) is 5.95 Å². The van der Waals surface area contributed by atoms with Crippen molar-refractivity contribution in [1.29, 1.82) is 0 Å². The van der Waals surface area contributed by atoms with Gasteiger partial charge in [-0.25, -0.2) is 0 Å². The van der Waals surface area contributed by atoms with Gasteiger partial charge in [-0.2, -0.15) is 0 Å². The van der Waals surface area contributed by atoms with E-state index in [0.717, 1.165) is 31.3 Å². The number of benzene rings is 1. The molecule has 2 heterocycles. The molecule has 106 valence electrons. The molecule has 1 aliphatic heterocycles. The van der Waals surface area contributed by atoms with Crippen LogP contribution in [0, 0.1) is 13.8 Å². The van der Waals surface area contributed by atoms with Crippen LogP contribution in [0.3, 0.4) is 0 Å². The number of anilines is 1. The molecule has 20 heavy (non-hydrogen) atoms. The van der Waals surface area contributed by atoms with Gasteiger partial charge < -0.3 is 5.32 Å². The van der Waals surface area contributed by atoms with Crippen LogP contribution in [0.4, 0.5) is 5.95 Å². The number of nitrogens with one attached hydrogen (secondary N) is 1. The summed E-state index contributed by atoms with van der Waals surface area (Å²) in [5, 5.41) is 12.1. The summed E-state index contributed by atoms with van der Waals surface area (Å²) in [7, 11) is 0. The lowest BCUT2D eigenvalue weighted by Crippen LogP contribution is -2.09. The van der Waals surface area contributed by atoms with Gasteiger partial charge in [0.25, 0.3) is 0 Å². The molecule has 0 aliphatic carbocycles. The first-order valence-electron chi connectivity index (χ1n) is 7.46. The maximum Gasteiger partial charge on any atom is 0.224 e. The Balaban J connectivity index is 1.75. The zero-order valence-electron chi connectivity index (χ0n) is 12.3. The normalized spacial score (nSPS) is 14.7. The van der Waals surface area contributed by atoms with Crippen LogP contribution in [0.2, 0.25) is 0 Å². The molecular weight excluding hydrogens is 248 g/mol. The van der Waals surface area contributed by atoms with E-state index < -0.39 is 0 Å². The molecule has 0 fully saturated rings. The number of aromatic nitrogens is 3. The standard InChI is InChI=1S/C16H22N4/c1-12-7-8-13(2)14(10-12)11-17-16-19-18-15-6-4-3-5-9-20(15)16/h7-8,10H,3-6,9,11H2,1-2H3,(H,17,19). The van der Waals surface area contributed by atoms with Crippen molar-refractivity contribution in [2.75, 3.05) is 5.32 Å². The Labute approximate surface area is 120 Å². The molecule has 3 rings (SSSR count). The van der Waals surface area contributed by atoms with E-state index in [1.165, 1.54) is 36.0 Å². The summed E-state index contributed by atoms with van der Waals surface area (Å²) in [5.74, 6) is 2.05. The first-order valence-corrected chi connectivity index (χ1v) is 7.46. The van der Waals surface area contributed by atoms with Gasteiger partial charge in [0.15, 0.2) is 0 Å². The highest BCUT2D eigenvalue weighted by Gasteiger charge is 2.14. The van der Waals surface area contributed by atoms with E-state index in [4.69, 9.17) is 0 Å². The summed E-state index contributed by atoms with van der Waals surface area (Å²) in [6, 6.07) is 6.57. The summed E-state index contributed by atoms with van der Waals surface area (Å²) in [4.78, 5) is 0. The Bertz CT molecular complexity index is 601. The van der Waals surface area contributed by atoms with E-state index in [-0.39, 0.29) is 0 Å². The van der Waals surface area contributed by atoms with Gasteiger partial charge in [0, 0.05) is 19.5 Å². The minimum atomic E-state index is 0.811. The molecule has 4 nitrogen and oxygen atoms in total. The Morgan fingerprint density at radius 2 is 2.05 bits per heavy atom. The fraction of sp³-hybridized carbons (Fsp3) is 0.500. The van der Waals surface area contributed by atoms with E-state index >= 15 is 0 Å². The van der Waals surface area contributed by atoms with Crippen LogP contribution < -0.4 is 5.32 Å². The molecule has 1 aliphatic rings. The molecular formula is C16H22N4. The summed E-state index contributed by atoms with van der Waals surface area (Å²) in [6.45, 7) is 6.13. The maximum absolute atomic E-state index is 4.32. The van der Waals surface area contributed by atoms with Gasteiger partial charge in [0.1, 0.15) is 5.82 Å². The minimum absolute atomic E-state index is 0.811. The second-order valence-electron chi connectivity index (χ2n) is 5.69. The first kappa shape index (κ1) is 13.2. The molecule has 0 atom stereocenters. The number of fused-ring (bicyclic) bond motifs is 1. The van der Waals surface area contributed by atoms with Crippen LogP contribution in [0.25, 0.3) is 0 Å². The van der Waals surface area contributed by atoms with Gasteiger partial charge in [-0.1, -0.05) is 30.2 Å². The van der Waals surface area contributed by atoms with Gasteiger partial charge in [-0.15, -0.1) is 10.2 Å². The Morgan fingerprint density at radius 1 is 1.15 bits per heavy atom. The third kappa shape index (κ3) is 2.69. The van der Waals surface area contributed by atoms with Crippen LogP contribution in [0.5, 0.6) is 0 Å². The van der Waals surface area contributed by atoms with E-state index in [1.807, 2.05) is 0 Å². The smallest absolute Gasteiger partial charge is 0.224 e. The largest absolute Gasteiger partial charge is 0.350 e. The molecule has 0 unspecified atom stereocenters. The summed E-state index contributed by atoms with van der Waals surface area (Å²) >= 11 is 0. The molecule has 2 aromatic rings. The van der Waals surface area contributed by atoms with Crippen molar-refractivity contribution in [1.82, 2.24) is 14.8 Å². The van der Waals surface area contributed by atoms with Crippen LogP contribution >= 0.6 is 0 Å². The van der Waals surface area contributed by atoms with Crippen molar-refractivity contribution in [3.63, 3.8) is 0 Å². The average molecular weight is 270 g/mol. The van der Waals surface area contributed by atoms with Gasteiger partial charge in [-0.05, 0) is 37.8 Å². The van der Waals surface area contributed by atoms with E-state index in [2.05, 4.69) is 52.1 Å². The van der Waals surface area contributed by atoms with Crippen molar-refractivity contribution >= 4 is 5.95 Å². The summed E-state index contributed by atoms with van der Waals surface area (Å²) < 4.78 is 2.25. The zero-order valence-corrected chi connectivity index (χ0v) is 12.3. The zero-order chi connectivity index (χ0) is 13.9. The highest BCUT2D eigenvalue weighted by atomic mass is 15.3. The topological polar surface area (TPSA) is 42.7 Å². The van der Waals surface area contributed by atoms with Crippen LogP contribution in [-0.4, -0.2) is 14.8 Å². The van der Waals surface area contributed by atoms with Gasteiger partial charge in [-0.3, -0.25) is 4.57 Å². The molecule has 0 saturated carbocycles.